The minimum atomic E-state index is -3.37. The van der Waals surface area contributed by atoms with E-state index in [1.54, 1.807) is 24.3 Å². The third-order valence-electron chi connectivity index (χ3n) is 2.44. The van der Waals surface area contributed by atoms with Gasteiger partial charge in [0.15, 0.2) is 0 Å². The van der Waals surface area contributed by atoms with Gasteiger partial charge < -0.3 is 0 Å². The van der Waals surface area contributed by atoms with Crippen LogP contribution in [0, 0.1) is 0 Å². The number of hydrogen-bond donors (Lipinski definition) is 0. The molecule has 3 nitrogen and oxygen atoms in total. The van der Waals surface area contributed by atoms with Crippen LogP contribution in [0.25, 0.3) is 0 Å². The van der Waals surface area contributed by atoms with Crippen LogP contribution in [0.15, 0.2) is 33.6 Å². The molecule has 0 amide bonds. The van der Waals surface area contributed by atoms with Crippen LogP contribution in [0.5, 0.6) is 0 Å². The van der Waals surface area contributed by atoms with Crippen LogP contribution in [0.3, 0.4) is 0 Å². The van der Waals surface area contributed by atoms with Crippen LogP contribution in [0.1, 0.15) is 27.2 Å². The highest BCUT2D eigenvalue weighted by Gasteiger charge is 2.25. The predicted octanol–water partition coefficient (Wildman–Crippen LogP) is 3.26. The summed E-state index contributed by atoms with van der Waals surface area (Å²) in [5.74, 6) is 0. The van der Waals surface area contributed by atoms with E-state index in [0.717, 1.165) is 10.9 Å². The van der Waals surface area contributed by atoms with E-state index in [-0.39, 0.29) is 6.04 Å². The maximum Gasteiger partial charge on any atom is 0.243 e. The second-order valence-electron chi connectivity index (χ2n) is 4.16. The molecule has 0 spiro atoms. The Morgan fingerprint density at radius 3 is 2.18 bits per heavy atom. The van der Waals surface area contributed by atoms with Gasteiger partial charge in [-0.25, -0.2) is 8.42 Å². The molecule has 1 aromatic carbocycles. The number of nitrogens with zero attached hydrogens (tertiary/aromatic N) is 1. The molecule has 5 heteroatoms. The summed E-state index contributed by atoms with van der Waals surface area (Å²) in [5.41, 5.74) is 0. The first kappa shape index (κ1) is 14.7. The van der Waals surface area contributed by atoms with Crippen molar-refractivity contribution in [2.45, 2.75) is 38.1 Å². The standard InChI is InChI=1S/C12H18BrNO2S/c1-4-9-14(10(2)3)17(15,16)12-7-5-11(13)6-8-12/h5-8,10H,4,9H2,1-3H3. The fourth-order valence-electron chi connectivity index (χ4n) is 1.62. The molecule has 0 aliphatic carbocycles. The Balaban J connectivity index is 3.12. The van der Waals surface area contributed by atoms with Crippen LogP contribution >= 0.6 is 15.9 Å². The van der Waals surface area contributed by atoms with Crippen molar-refractivity contribution in [1.29, 1.82) is 0 Å². The summed E-state index contributed by atoms with van der Waals surface area (Å²) in [6.07, 6.45) is 0.813. The average Bonchev–Trinajstić information content (AvgIpc) is 2.25. The summed E-state index contributed by atoms with van der Waals surface area (Å²) < 4.78 is 27.2. The van der Waals surface area contributed by atoms with Crippen LogP contribution in [0.2, 0.25) is 0 Å². The number of halogens is 1. The van der Waals surface area contributed by atoms with Gasteiger partial charge in [-0.05, 0) is 44.5 Å². The Labute approximate surface area is 112 Å². The van der Waals surface area contributed by atoms with Crippen LogP contribution in [0.4, 0.5) is 0 Å². The number of sulfonamides is 1. The molecule has 0 radical (unpaired) electrons. The molecular formula is C12H18BrNO2S. The van der Waals surface area contributed by atoms with Crippen LogP contribution < -0.4 is 0 Å². The van der Waals surface area contributed by atoms with Crippen molar-refractivity contribution < 1.29 is 8.42 Å². The summed E-state index contributed by atoms with van der Waals surface area (Å²) in [7, 11) is -3.37. The van der Waals surface area contributed by atoms with E-state index >= 15 is 0 Å². The van der Waals surface area contributed by atoms with Crippen molar-refractivity contribution in [1.82, 2.24) is 4.31 Å². The van der Waals surface area contributed by atoms with E-state index in [0.29, 0.717) is 11.4 Å². The summed E-state index contributed by atoms with van der Waals surface area (Å²) in [6.45, 7) is 6.32. The van der Waals surface area contributed by atoms with E-state index < -0.39 is 10.0 Å². The molecule has 0 heterocycles. The fourth-order valence-corrected chi connectivity index (χ4v) is 3.61. The van der Waals surface area contributed by atoms with Gasteiger partial charge in [0.2, 0.25) is 10.0 Å². The second kappa shape index (κ2) is 5.98. The van der Waals surface area contributed by atoms with E-state index in [9.17, 15) is 8.42 Å². The zero-order chi connectivity index (χ0) is 13.1. The van der Waals surface area contributed by atoms with E-state index in [2.05, 4.69) is 15.9 Å². The first-order chi connectivity index (χ1) is 7.89. The lowest BCUT2D eigenvalue weighted by Gasteiger charge is -2.25. The lowest BCUT2D eigenvalue weighted by atomic mass is 10.4. The number of benzene rings is 1. The quantitative estimate of drug-likeness (QED) is 0.835. The van der Waals surface area contributed by atoms with Crippen molar-refractivity contribution >= 4 is 26.0 Å². The fraction of sp³-hybridized carbons (Fsp3) is 0.500. The highest BCUT2D eigenvalue weighted by Crippen LogP contribution is 2.20. The maximum absolute atomic E-state index is 12.4. The van der Waals surface area contributed by atoms with E-state index in [4.69, 9.17) is 0 Å². The monoisotopic (exact) mass is 319 g/mol. The van der Waals surface area contributed by atoms with Crippen molar-refractivity contribution in [2.24, 2.45) is 0 Å². The maximum atomic E-state index is 12.4. The van der Waals surface area contributed by atoms with E-state index in [1.165, 1.54) is 4.31 Å². The predicted molar refractivity (Wildman–Crippen MR) is 73.5 cm³/mol. The highest BCUT2D eigenvalue weighted by molar-refractivity contribution is 9.10. The first-order valence-electron chi connectivity index (χ1n) is 5.67. The van der Waals surface area contributed by atoms with Gasteiger partial charge in [0, 0.05) is 17.1 Å². The Kier molecular flexibility index (Phi) is 5.16. The molecular weight excluding hydrogens is 302 g/mol. The topological polar surface area (TPSA) is 37.4 Å². The Morgan fingerprint density at radius 2 is 1.76 bits per heavy atom. The summed E-state index contributed by atoms with van der Waals surface area (Å²) in [5, 5.41) is 0. The van der Waals surface area contributed by atoms with Crippen molar-refractivity contribution in [3.05, 3.63) is 28.7 Å². The lowest BCUT2D eigenvalue weighted by molar-refractivity contribution is 0.354. The summed E-state index contributed by atoms with van der Waals surface area (Å²) in [4.78, 5) is 0.350. The number of rotatable bonds is 5. The molecule has 17 heavy (non-hydrogen) atoms. The molecule has 1 aromatic rings. The van der Waals surface area contributed by atoms with Crippen LogP contribution in [-0.2, 0) is 10.0 Å². The lowest BCUT2D eigenvalue weighted by Crippen LogP contribution is -2.37. The second-order valence-corrected chi connectivity index (χ2v) is 6.97. The average molecular weight is 320 g/mol. The molecule has 0 atom stereocenters. The third-order valence-corrected chi connectivity index (χ3v) is 5.06. The van der Waals surface area contributed by atoms with Crippen molar-refractivity contribution in [3.63, 3.8) is 0 Å². The molecule has 0 bridgehead atoms. The SMILES string of the molecule is CCCN(C(C)C)S(=O)(=O)c1ccc(Br)cc1. The molecule has 0 aromatic heterocycles. The molecule has 0 aliphatic heterocycles. The normalized spacial score (nSPS) is 12.4. The highest BCUT2D eigenvalue weighted by atomic mass is 79.9. The zero-order valence-electron chi connectivity index (χ0n) is 10.4. The smallest absolute Gasteiger partial charge is 0.207 e. The molecule has 0 saturated carbocycles. The van der Waals surface area contributed by atoms with Gasteiger partial charge in [0.25, 0.3) is 0 Å². The van der Waals surface area contributed by atoms with Gasteiger partial charge in [-0.2, -0.15) is 4.31 Å². The van der Waals surface area contributed by atoms with Gasteiger partial charge in [0.05, 0.1) is 4.90 Å². The molecule has 0 saturated heterocycles. The minimum absolute atomic E-state index is 0.0244. The van der Waals surface area contributed by atoms with Crippen LogP contribution in [-0.4, -0.2) is 25.3 Å². The molecule has 96 valence electrons. The number of hydrogen-bond acceptors (Lipinski definition) is 2. The largest absolute Gasteiger partial charge is 0.243 e. The van der Waals surface area contributed by atoms with E-state index in [1.807, 2.05) is 20.8 Å². The molecule has 1 rings (SSSR count). The third kappa shape index (κ3) is 3.53. The first-order valence-corrected chi connectivity index (χ1v) is 7.90. The summed E-state index contributed by atoms with van der Waals surface area (Å²) in [6, 6.07) is 6.73. The minimum Gasteiger partial charge on any atom is -0.207 e. The molecule has 0 N–H and O–H groups in total. The van der Waals surface area contributed by atoms with Gasteiger partial charge in [0.1, 0.15) is 0 Å². The van der Waals surface area contributed by atoms with Gasteiger partial charge in [-0.15, -0.1) is 0 Å². The zero-order valence-corrected chi connectivity index (χ0v) is 12.8. The molecule has 0 unspecified atom stereocenters. The van der Waals surface area contributed by atoms with Gasteiger partial charge in [-0.3, -0.25) is 0 Å². The van der Waals surface area contributed by atoms with Crippen molar-refractivity contribution in [3.8, 4) is 0 Å². The Bertz CT molecular complexity index is 454. The van der Waals surface area contributed by atoms with Crippen molar-refractivity contribution in [2.75, 3.05) is 6.54 Å². The Hall–Kier alpha value is -0.390. The molecule has 0 aliphatic rings. The summed E-state index contributed by atoms with van der Waals surface area (Å²) >= 11 is 3.30. The Morgan fingerprint density at radius 1 is 1.24 bits per heavy atom. The van der Waals surface area contributed by atoms with Gasteiger partial charge >= 0.3 is 0 Å². The molecule has 0 fully saturated rings. The van der Waals surface area contributed by atoms with Gasteiger partial charge in [-0.1, -0.05) is 22.9 Å².